The molecule has 0 aromatic heterocycles. The second-order valence-electron chi connectivity index (χ2n) is 4.81. The van der Waals surface area contributed by atoms with Crippen molar-refractivity contribution in [1.29, 1.82) is 0 Å². The molecule has 0 aliphatic carbocycles. The van der Waals surface area contributed by atoms with Gasteiger partial charge in [0.05, 0.1) is 6.10 Å². The van der Waals surface area contributed by atoms with E-state index in [1.807, 2.05) is 12.2 Å². The van der Waals surface area contributed by atoms with E-state index < -0.39 is 0 Å². The van der Waals surface area contributed by atoms with E-state index in [9.17, 15) is 5.11 Å². The van der Waals surface area contributed by atoms with Crippen LogP contribution in [0.15, 0.2) is 36.5 Å². The summed E-state index contributed by atoms with van der Waals surface area (Å²) in [5.74, 6) is 0. The third-order valence-electron chi connectivity index (χ3n) is 3.83. The minimum atomic E-state index is -0.250. The number of allylic oxidation sites excluding steroid dienone is 1. The lowest BCUT2D eigenvalue weighted by molar-refractivity contribution is 0.0320. The number of hydrogen-bond acceptors (Lipinski definition) is 3. The average Bonchev–Trinajstić information content (AvgIpc) is 2.38. The molecule has 3 nitrogen and oxygen atoms in total. The third kappa shape index (κ3) is 2.68. The molecular weight excluding hydrogens is 212 g/mol. The molecule has 0 amide bonds. The fraction of sp³-hybridized carbons (Fsp3) is 0.571. The van der Waals surface area contributed by atoms with Crippen molar-refractivity contribution in [2.24, 2.45) is 0 Å². The zero-order chi connectivity index (χ0) is 12.3. The SMILES string of the molecule is C=CC1=C(C=C)CN(C2CCNCC2O)CC1. The number of rotatable bonds is 3. The highest BCUT2D eigenvalue weighted by atomic mass is 16.3. The first-order valence-electron chi connectivity index (χ1n) is 6.36. The van der Waals surface area contributed by atoms with E-state index in [4.69, 9.17) is 0 Å². The van der Waals surface area contributed by atoms with E-state index in [0.717, 1.165) is 32.5 Å². The van der Waals surface area contributed by atoms with E-state index in [2.05, 4.69) is 23.4 Å². The van der Waals surface area contributed by atoms with E-state index in [1.165, 1.54) is 11.1 Å². The first-order valence-corrected chi connectivity index (χ1v) is 6.36. The van der Waals surface area contributed by atoms with Crippen LogP contribution in [-0.2, 0) is 0 Å². The molecule has 0 spiro atoms. The molecule has 1 saturated heterocycles. The molecule has 17 heavy (non-hydrogen) atoms. The fourth-order valence-corrected chi connectivity index (χ4v) is 2.79. The molecule has 1 fully saturated rings. The molecule has 0 radical (unpaired) electrons. The summed E-state index contributed by atoms with van der Waals surface area (Å²) in [5.41, 5.74) is 2.57. The summed E-state index contributed by atoms with van der Waals surface area (Å²) in [6.45, 7) is 11.3. The van der Waals surface area contributed by atoms with Gasteiger partial charge in [-0.3, -0.25) is 4.90 Å². The molecule has 3 heteroatoms. The molecule has 2 atom stereocenters. The number of hydrogen-bond donors (Lipinski definition) is 2. The van der Waals surface area contributed by atoms with E-state index >= 15 is 0 Å². The molecule has 2 rings (SSSR count). The van der Waals surface area contributed by atoms with Crippen molar-refractivity contribution in [1.82, 2.24) is 10.2 Å². The summed E-state index contributed by atoms with van der Waals surface area (Å²) in [6, 6.07) is 0.289. The highest BCUT2D eigenvalue weighted by Crippen LogP contribution is 2.24. The number of piperidine rings is 1. The van der Waals surface area contributed by atoms with Crippen molar-refractivity contribution in [2.75, 3.05) is 26.2 Å². The number of β-amino-alcohol motifs (C(OH)–C–C–N with tert-alkyl or cyclic N) is 1. The molecule has 0 aromatic carbocycles. The Kier molecular flexibility index (Phi) is 4.15. The minimum absolute atomic E-state index is 0.250. The Balaban J connectivity index is 2.07. The van der Waals surface area contributed by atoms with Crippen LogP contribution in [0, 0.1) is 0 Å². The molecule has 2 unspecified atom stereocenters. The lowest BCUT2D eigenvalue weighted by Gasteiger charge is -2.40. The van der Waals surface area contributed by atoms with Crippen molar-refractivity contribution >= 4 is 0 Å². The molecule has 2 N–H and O–H groups in total. The van der Waals surface area contributed by atoms with Gasteiger partial charge in [0.1, 0.15) is 0 Å². The molecule has 94 valence electrons. The second-order valence-corrected chi connectivity index (χ2v) is 4.81. The predicted molar refractivity (Wildman–Crippen MR) is 70.9 cm³/mol. The Morgan fingerprint density at radius 3 is 2.71 bits per heavy atom. The van der Waals surface area contributed by atoms with E-state index in [0.29, 0.717) is 6.54 Å². The quantitative estimate of drug-likeness (QED) is 0.767. The molecule has 2 heterocycles. The van der Waals surface area contributed by atoms with Crippen LogP contribution in [0.5, 0.6) is 0 Å². The summed E-state index contributed by atoms with van der Waals surface area (Å²) >= 11 is 0. The summed E-state index contributed by atoms with van der Waals surface area (Å²) in [6.07, 6.45) is 5.65. The molecule has 2 aliphatic rings. The van der Waals surface area contributed by atoms with Gasteiger partial charge in [-0.2, -0.15) is 0 Å². The van der Waals surface area contributed by atoms with Crippen LogP contribution >= 0.6 is 0 Å². The molecular formula is C14H22N2O. The van der Waals surface area contributed by atoms with E-state index in [1.54, 1.807) is 0 Å². The van der Waals surface area contributed by atoms with Crippen LogP contribution in [0.1, 0.15) is 12.8 Å². The van der Waals surface area contributed by atoms with Gasteiger partial charge in [0.15, 0.2) is 0 Å². The van der Waals surface area contributed by atoms with Gasteiger partial charge in [0, 0.05) is 25.7 Å². The number of aliphatic hydroxyl groups is 1. The Bertz CT molecular complexity index is 335. The molecule has 2 aliphatic heterocycles. The van der Waals surface area contributed by atoms with Crippen LogP contribution < -0.4 is 5.32 Å². The smallest absolute Gasteiger partial charge is 0.0820 e. The highest BCUT2D eigenvalue weighted by molar-refractivity contribution is 5.34. The lowest BCUT2D eigenvalue weighted by Crippen LogP contribution is -2.54. The average molecular weight is 234 g/mol. The fourth-order valence-electron chi connectivity index (χ4n) is 2.79. The molecule has 0 bridgehead atoms. The maximum absolute atomic E-state index is 10.0. The van der Waals surface area contributed by atoms with Crippen molar-refractivity contribution in [3.63, 3.8) is 0 Å². The summed E-state index contributed by atoms with van der Waals surface area (Å²) in [7, 11) is 0. The number of nitrogens with one attached hydrogen (secondary N) is 1. The lowest BCUT2D eigenvalue weighted by atomic mass is 9.95. The van der Waals surface area contributed by atoms with Gasteiger partial charge in [-0.1, -0.05) is 25.3 Å². The van der Waals surface area contributed by atoms with Crippen LogP contribution in [0.25, 0.3) is 0 Å². The van der Waals surface area contributed by atoms with Crippen molar-refractivity contribution in [2.45, 2.75) is 25.0 Å². The van der Waals surface area contributed by atoms with Gasteiger partial charge >= 0.3 is 0 Å². The summed E-state index contributed by atoms with van der Waals surface area (Å²) in [5, 5.41) is 13.3. The van der Waals surface area contributed by atoms with Gasteiger partial charge in [-0.05, 0) is 30.5 Å². The zero-order valence-electron chi connectivity index (χ0n) is 10.4. The van der Waals surface area contributed by atoms with Crippen molar-refractivity contribution in [3.8, 4) is 0 Å². The Labute approximate surface area is 104 Å². The number of nitrogens with zero attached hydrogens (tertiary/aromatic N) is 1. The minimum Gasteiger partial charge on any atom is -0.390 e. The monoisotopic (exact) mass is 234 g/mol. The first-order chi connectivity index (χ1) is 8.26. The Morgan fingerprint density at radius 1 is 1.29 bits per heavy atom. The van der Waals surface area contributed by atoms with Gasteiger partial charge < -0.3 is 10.4 Å². The van der Waals surface area contributed by atoms with Crippen LogP contribution in [0.3, 0.4) is 0 Å². The Hall–Kier alpha value is -0.900. The van der Waals surface area contributed by atoms with E-state index in [-0.39, 0.29) is 12.1 Å². The topological polar surface area (TPSA) is 35.5 Å². The van der Waals surface area contributed by atoms with Gasteiger partial charge in [-0.25, -0.2) is 0 Å². The van der Waals surface area contributed by atoms with Gasteiger partial charge in [0.2, 0.25) is 0 Å². The second kappa shape index (κ2) is 5.63. The first kappa shape index (κ1) is 12.6. The third-order valence-corrected chi connectivity index (χ3v) is 3.83. The largest absolute Gasteiger partial charge is 0.390 e. The van der Waals surface area contributed by atoms with Crippen LogP contribution in [0.2, 0.25) is 0 Å². The maximum Gasteiger partial charge on any atom is 0.0820 e. The zero-order valence-corrected chi connectivity index (χ0v) is 10.4. The van der Waals surface area contributed by atoms with Gasteiger partial charge in [0.25, 0.3) is 0 Å². The predicted octanol–water partition coefficient (Wildman–Crippen LogP) is 1.08. The Morgan fingerprint density at radius 2 is 2.06 bits per heavy atom. The van der Waals surface area contributed by atoms with Crippen LogP contribution in [-0.4, -0.2) is 48.3 Å². The molecule has 0 aromatic rings. The van der Waals surface area contributed by atoms with Gasteiger partial charge in [-0.15, -0.1) is 0 Å². The van der Waals surface area contributed by atoms with Crippen molar-refractivity contribution in [3.05, 3.63) is 36.5 Å². The number of aliphatic hydroxyl groups excluding tert-OH is 1. The van der Waals surface area contributed by atoms with Crippen molar-refractivity contribution < 1.29 is 5.11 Å². The standard InChI is InChI=1S/C14H22N2O/c1-3-11-6-8-16(10-12(11)4-2)13-5-7-15-9-14(13)17/h3-4,13-15,17H,1-2,5-10H2. The maximum atomic E-state index is 10.0. The highest BCUT2D eigenvalue weighted by Gasteiger charge is 2.30. The molecule has 0 saturated carbocycles. The van der Waals surface area contributed by atoms with Crippen LogP contribution in [0.4, 0.5) is 0 Å². The normalized spacial score (nSPS) is 31.4. The summed E-state index contributed by atoms with van der Waals surface area (Å²) in [4.78, 5) is 2.38. The summed E-state index contributed by atoms with van der Waals surface area (Å²) < 4.78 is 0.